The Balaban J connectivity index is 2.57. The van der Waals surface area contributed by atoms with Crippen molar-refractivity contribution < 1.29 is 10.0 Å². The van der Waals surface area contributed by atoms with Gasteiger partial charge in [0.25, 0.3) is 5.69 Å². The maximum atomic E-state index is 10.5. The van der Waals surface area contributed by atoms with E-state index in [9.17, 15) is 10.1 Å². The summed E-state index contributed by atoms with van der Waals surface area (Å²) in [4.78, 5) is 10.1. The molecule has 5 heteroatoms. The van der Waals surface area contributed by atoms with Gasteiger partial charge in [0, 0.05) is 31.0 Å². The number of aliphatic hydroxyl groups is 1. The Morgan fingerprint density at radius 1 is 1.44 bits per heavy atom. The standard InChI is InChI=1S/C11H16N2O3/c1-9-8-10(13(15)16)4-5-11(9)12-6-2-3-7-14/h4-5,8,12,14H,2-3,6-7H2,1H3. The molecule has 0 unspecified atom stereocenters. The Labute approximate surface area is 94.3 Å². The molecule has 5 nitrogen and oxygen atoms in total. The van der Waals surface area contributed by atoms with E-state index in [0.717, 1.165) is 30.6 Å². The number of nitro groups is 1. The van der Waals surface area contributed by atoms with Crippen molar-refractivity contribution in [3.8, 4) is 0 Å². The number of unbranched alkanes of at least 4 members (excludes halogenated alkanes) is 1. The number of anilines is 1. The second-order valence-electron chi connectivity index (χ2n) is 3.61. The summed E-state index contributed by atoms with van der Waals surface area (Å²) in [5.74, 6) is 0. The predicted molar refractivity (Wildman–Crippen MR) is 62.6 cm³/mol. The molecule has 2 N–H and O–H groups in total. The fraction of sp³-hybridized carbons (Fsp3) is 0.455. The van der Waals surface area contributed by atoms with Crippen LogP contribution in [-0.4, -0.2) is 23.2 Å². The number of hydrogen-bond donors (Lipinski definition) is 2. The fourth-order valence-electron chi connectivity index (χ4n) is 1.42. The van der Waals surface area contributed by atoms with Gasteiger partial charge in [-0.25, -0.2) is 0 Å². The van der Waals surface area contributed by atoms with Gasteiger partial charge in [0.1, 0.15) is 0 Å². The molecule has 0 fully saturated rings. The lowest BCUT2D eigenvalue weighted by molar-refractivity contribution is -0.384. The minimum Gasteiger partial charge on any atom is -0.396 e. The van der Waals surface area contributed by atoms with Gasteiger partial charge in [-0.05, 0) is 31.4 Å². The molecule has 88 valence electrons. The summed E-state index contributed by atoms with van der Waals surface area (Å²) < 4.78 is 0. The maximum absolute atomic E-state index is 10.5. The Bertz CT molecular complexity index is 366. The van der Waals surface area contributed by atoms with E-state index in [1.807, 2.05) is 6.92 Å². The fourth-order valence-corrected chi connectivity index (χ4v) is 1.42. The molecule has 0 amide bonds. The summed E-state index contributed by atoms with van der Waals surface area (Å²) in [5, 5.41) is 22.3. The van der Waals surface area contributed by atoms with E-state index in [4.69, 9.17) is 5.11 Å². The van der Waals surface area contributed by atoms with Crippen LogP contribution in [0.1, 0.15) is 18.4 Å². The summed E-state index contributed by atoms with van der Waals surface area (Å²) in [6.07, 6.45) is 1.64. The van der Waals surface area contributed by atoms with Crippen LogP contribution in [0.4, 0.5) is 11.4 Å². The SMILES string of the molecule is Cc1cc([N+](=O)[O-])ccc1NCCCCO. The zero-order chi connectivity index (χ0) is 12.0. The third-order valence-electron chi connectivity index (χ3n) is 2.32. The molecule has 0 saturated heterocycles. The van der Waals surface area contributed by atoms with Crippen LogP contribution in [0.15, 0.2) is 18.2 Å². The van der Waals surface area contributed by atoms with Crippen LogP contribution in [0.5, 0.6) is 0 Å². The topological polar surface area (TPSA) is 75.4 Å². The van der Waals surface area contributed by atoms with Gasteiger partial charge in [0.2, 0.25) is 0 Å². The van der Waals surface area contributed by atoms with E-state index in [1.54, 1.807) is 12.1 Å². The normalized spacial score (nSPS) is 10.1. The largest absolute Gasteiger partial charge is 0.396 e. The van der Waals surface area contributed by atoms with E-state index in [0.29, 0.717) is 0 Å². The highest BCUT2D eigenvalue weighted by molar-refractivity contribution is 5.55. The first kappa shape index (κ1) is 12.4. The molecule has 0 atom stereocenters. The van der Waals surface area contributed by atoms with Crippen LogP contribution in [0.3, 0.4) is 0 Å². The van der Waals surface area contributed by atoms with Crippen molar-refractivity contribution in [3.63, 3.8) is 0 Å². The van der Waals surface area contributed by atoms with Crippen LogP contribution in [0.2, 0.25) is 0 Å². The van der Waals surface area contributed by atoms with E-state index in [2.05, 4.69) is 5.32 Å². The van der Waals surface area contributed by atoms with Crippen molar-refractivity contribution >= 4 is 11.4 Å². The lowest BCUT2D eigenvalue weighted by Crippen LogP contribution is -2.04. The number of hydrogen-bond acceptors (Lipinski definition) is 4. The van der Waals surface area contributed by atoms with Crippen molar-refractivity contribution in [2.75, 3.05) is 18.5 Å². The number of rotatable bonds is 6. The highest BCUT2D eigenvalue weighted by Crippen LogP contribution is 2.20. The van der Waals surface area contributed by atoms with Crippen LogP contribution in [0, 0.1) is 17.0 Å². The minimum absolute atomic E-state index is 0.110. The van der Waals surface area contributed by atoms with Crippen molar-refractivity contribution in [1.29, 1.82) is 0 Å². The molecule has 0 aliphatic heterocycles. The summed E-state index contributed by atoms with van der Waals surface area (Å²) in [6, 6.07) is 4.75. The molecule has 0 radical (unpaired) electrons. The number of aryl methyl sites for hydroxylation is 1. The van der Waals surface area contributed by atoms with Gasteiger partial charge in [0.05, 0.1) is 4.92 Å². The number of nitrogens with one attached hydrogen (secondary N) is 1. The van der Waals surface area contributed by atoms with E-state index < -0.39 is 4.92 Å². The number of nitrogens with zero attached hydrogens (tertiary/aromatic N) is 1. The molecule has 0 aromatic heterocycles. The zero-order valence-corrected chi connectivity index (χ0v) is 9.27. The van der Waals surface area contributed by atoms with Gasteiger partial charge in [-0.15, -0.1) is 0 Å². The molecule has 1 rings (SSSR count). The Hall–Kier alpha value is -1.62. The number of nitro benzene ring substituents is 1. The monoisotopic (exact) mass is 224 g/mol. The first-order valence-corrected chi connectivity index (χ1v) is 5.25. The summed E-state index contributed by atoms with van der Waals surface area (Å²) in [5.41, 5.74) is 1.88. The van der Waals surface area contributed by atoms with Crippen molar-refractivity contribution in [3.05, 3.63) is 33.9 Å². The molecule has 0 saturated carbocycles. The van der Waals surface area contributed by atoms with Gasteiger partial charge in [-0.2, -0.15) is 0 Å². The van der Waals surface area contributed by atoms with Crippen molar-refractivity contribution in [1.82, 2.24) is 0 Å². The first-order chi connectivity index (χ1) is 7.65. The average molecular weight is 224 g/mol. The van der Waals surface area contributed by atoms with Gasteiger partial charge in [-0.3, -0.25) is 10.1 Å². The molecule has 0 bridgehead atoms. The van der Waals surface area contributed by atoms with Gasteiger partial charge in [0.15, 0.2) is 0 Å². The van der Waals surface area contributed by atoms with Crippen LogP contribution < -0.4 is 5.32 Å². The van der Waals surface area contributed by atoms with Crippen LogP contribution >= 0.6 is 0 Å². The highest BCUT2D eigenvalue weighted by atomic mass is 16.6. The molecule has 0 aliphatic rings. The Morgan fingerprint density at radius 2 is 2.19 bits per heavy atom. The molecule has 1 aromatic carbocycles. The molecular weight excluding hydrogens is 208 g/mol. The summed E-state index contributed by atoms with van der Waals surface area (Å²) >= 11 is 0. The molecular formula is C11H16N2O3. The second-order valence-corrected chi connectivity index (χ2v) is 3.61. The quantitative estimate of drug-likeness (QED) is 0.440. The summed E-state index contributed by atoms with van der Waals surface area (Å²) in [6.45, 7) is 2.79. The highest BCUT2D eigenvalue weighted by Gasteiger charge is 2.07. The molecule has 0 spiro atoms. The van der Waals surface area contributed by atoms with Gasteiger partial charge < -0.3 is 10.4 Å². The number of non-ortho nitro benzene ring substituents is 1. The van der Waals surface area contributed by atoms with E-state index in [-0.39, 0.29) is 12.3 Å². The minimum atomic E-state index is -0.400. The second kappa shape index (κ2) is 6.07. The average Bonchev–Trinajstić information content (AvgIpc) is 2.26. The van der Waals surface area contributed by atoms with Gasteiger partial charge >= 0.3 is 0 Å². The zero-order valence-electron chi connectivity index (χ0n) is 9.27. The number of benzene rings is 1. The molecule has 0 aliphatic carbocycles. The predicted octanol–water partition coefficient (Wildman–Crippen LogP) is 2.09. The van der Waals surface area contributed by atoms with Gasteiger partial charge in [-0.1, -0.05) is 0 Å². The number of aliphatic hydroxyl groups excluding tert-OH is 1. The van der Waals surface area contributed by atoms with Crippen molar-refractivity contribution in [2.24, 2.45) is 0 Å². The molecule has 1 aromatic rings. The molecule has 0 heterocycles. The van der Waals surface area contributed by atoms with E-state index in [1.165, 1.54) is 6.07 Å². The Morgan fingerprint density at radius 3 is 2.75 bits per heavy atom. The molecule has 16 heavy (non-hydrogen) atoms. The first-order valence-electron chi connectivity index (χ1n) is 5.25. The smallest absolute Gasteiger partial charge is 0.269 e. The van der Waals surface area contributed by atoms with Crippen LogP contribution in [0.25, 0.3) is 0 Å². The lowest BCUT2D eigenvalue weighted by atomic mass is 10.1. The Kier molecular flexibility index (Phi) is 4.72. The van der Waals surface area contributed by atoms with Crippen LogP contribution in [-0.2, 0) is 0 Å². The van der Waals surface area contributed by atoms with E-state index >= 15 is 0 Å². The third-order valence-corrected chi connectivity index (χ3v) is 2.32. The maximum Gasteiger partial charge on any atom is 0.269 e. The summed E-state index contributed by atoms with van der Waals surface area (Å²) in [7, 11) is 0. The van der Waals surface area contributed by atoms with Crippen molar-refractivity contribution in [2.45, 2.75) is 19.8 Å². The lowest BCUT2D eigenvalue weighted by Gasteiger charge is -2.08. The third kappa shape index (κ3) is 3.51.